The average molecular weight is 285 g/mol. The highest BCUT2D eigenvalue weighted by atomic mass is 16.5. The molecular weight excluding hydrogens is 270 g/mol. The summed E-state index contributed by atoms with van der Waals surface area (Å²) >= 11 is 0. The van der Waals surface area contributed by atoms with Crippen LogP contribution in [0.2, 0.25) is 0 Å². The molecule has 0 fully saturated rings. The van der Waals surface area contributed by atoms with Gasteiger partial charge < -0.3 is 15.8 Å². The van der Waals surface area contributed by atoms with E-state index in [1.54, 1.807) is 30.5 Å². The molecule has 2 aromatic rings. The summed E-state index contributed by atoms with van der Waals surface area (Å²) < 4.78 is 5.16. The highest BCUT2D eigenvalue weighted by Gasteiger charge is 2.08. The molecule has 1 aromatic heterocycles. The van der Waals surface area contributed by atoms with Gasteiger partial charge in [-0.1, -0.05) is 6.07 Å². The number of benzene rings is 1. The zero-order chi connectivity index (χ0) is 15.2. The van der Waals surface area contributed by atoms with Gasteiger partial charge in [0, 0.05) is 11.8 Å². The first kappa shape index (κ1) is 14.5. The summed E-state index contributed by atoms with van der Waals surface area (Å²) in [6.45, 7) is 1.68. The lowest BCUT2D eigenvalue weighted by Gasteiger charge is -2.07. The third kappa shape index (κ3) is 4.31. The number of nitrogens with one attached hydrogen (secondary N) is 1. The van der Waals surface area contributed by atoms with Gasteiger partial charge >= 0.3 is 0 Å². The number of rotatable bonds is 5. The average Bonchev–Trinajstić information content (AvgIpc) is 2.45. The highest BCUT2D eigenvalue weighted by Crippen LogP contribution is 2.15. The van der Waals surface area contributed by atoms with E-state index in [2.05, 4.69) is 10.3 Å². The van der Waals surface area contributed by atoms with Crippen LogP contribution in [0.4, 0.5) is 5.82 Å². The van der Waals surface area contributed by atoms with E-state index in [0.29, 0.717) is 17.1 Å². The number of amides is 2. The van der Waals surface area contributed by atoms with E-state index in [-0.39, 0.29) is 12.5 Å². The SMILES string of the molecule is Cc1ccnc(NC(=O)c2cccc(OCC(N)=O)c2)c1. The minimum Gasteiger partial charge on any atom is -0.484 e. The number of carbonyl (C=O) groups excluding carboxylic acids is 2. The molecule has 3 N–H and O–H groups in total. The highest BCUT2D eigenvalue weighted by molar-refractivity contribution is 6.04. The zero-order valence-corrected chi connectivity index (χ0v) is 11.5. The Bertz CT molecular complexity index is 671. The molecule has 2 amide bonds. The monoisotopic (exact) mass is 285 g/mol. The molecule has 2 rings (SSSR count). The molecule has 0 saturated heterocycles. The van der Waals surface area contributed by atoms with Crippen LogP contribution in [0.15, 0.2) is 42.6 Å². The number of anilines is 1. The summed E-state index contributed by atoms with van der Waals surface area (Å²) in [5.74, 6) is -0.00597. The smallest absolute Gasteiger partial charge is 0.256 e. The van der Waals surface area contributed by atoms with Gasteiger partial charge in [-0.25, -0.2) is 4.98 Å². The molecule has 108 valence electrons. The summed E-state index contributed by atoms with van der Waals surface area (Å²) in [6, 6.07) is 10.1. The molecular formula is C15H15N3O3. The number of nitrogens with zero attached hydrogens (tertiary/aromatic N) is 1. The van der Waals surface area contributed by atoms with Crippen LogP contribution in [0, 0.1) is 6.92 Å². The molecule has 0 spiro atoms. The Morgan fingerprint density at radius 2 is 2.10 bits per heavy atom. The second-order valence-electron chi connectivity index (χ2n) is 4.46. The van der Waals surface area contributed by atoms with Gasteiger partial charge in [0.15, 0.2) is 6.61 Å². The van der Waals surface area contributed by atoms with Crippen LogP contribution >= 0.6 is 0 Å². The minimum atomic E-state index is -0.575. The van der Waals surface area contributed by atoms with Crippen LogP contribution in [-0.4, -0.2) is 23.4 Å². The van der Waals surface area contributed by atoms with Crippen LogP contribution in [0.3, 0.4) is 0 Å². The summed E-state index contributed by atoms with van der Waals surface area (Å²) in [5.41, 5.74) is 6.40. The van der Waals surface area contributed by atoms with E-state index in [1.165, 1.54) is 6.07 Å². The first-order valence-electron chi connectivity index (χ1n) is 6.30. The van der Waals surface area contributed by atoms with Crippen LogP contribution in [0.5, 0.6) is 5.75 Å². The lowest BCUT2D eigenvalue weighted by molar-refractivity contribution is -0.119. The van der Waals surface area contributed by atoms with Gasteiger partial charge in [0.2, 0.25) is 0 Å². The van der Waals surface area contributed by atoms with Gasteiger partial charge in [-0.3, -0.25) is 9.59 Å². The third-order valence-electron chi connectivity index (χ3n) is 2.63. The van der Waals surface area contributed by atoms with Gasteiger partial charge in [-0.05, 0) is 42.8 Å². The van der Waals surface area contributed by atoms with Crippen molar-refractivity contribution in [3.8, 4) is 5.75 Å². The molecule has 0 aliphatic carbocycles. The second-order valence-corrected chi connectivity index (χ2v) is 4.46. The van der Waals surface area contributed by atoms with Gasteiger partial charge in [0.25, 0.3) is 11.8 Å². The predicted octanol–water partition coefficient (Wildman–Crippen LogP) is 1.51. The second kappa shape index (κ2) is 6.51. The Hall–Kier alpha value is -2.89. The number of carbonyl (C=O) groups is 2. The van der Waals surface area contributed by atoms with Crippen LogP contribution in [0.25, 0.3) is 0 Å². The van der Waals surface area contributed by atoms with Crippen molar-refractivity contribution < 1.29 is 14.3 Å². The molecule has 6 nitrogen and oxygen atoms in total. The van der Waals surface area contributed by atoms with Crippen molar-refractivity contribution in [1.82, 2.24) is 4.98 Å². The van der Waals surface area contributed by atoms with Crippen molar-refractivity contribution in [3.63, 3.8) is 0 Å². The molecule has 0 radical (unpaired) electrons. The summed E-state index contributed by atoms with van der Waals surface area (Å²) in [5, 5.41) is 2.69. The Kier molecular flexibility index (Phi) is 4.50. The zero-order valence-electron chi connectivity index (χ0n) is 11.5. The maximum Gasteiger partial charge on any atom is 0.256 e. The Morgan fingerprint density at radius 1 is 1.29 bits per heavy atom. The van der Waals surface area contributed by atoms with Crippen LogP contribution < -0.4 is 15.8 Å². The molecule has 1 heterocycles. The van der Waals surface area contributed by atoms with Crippen molar-refractivity contribution in [2.24, 2.45) is 5.73 Å². The Morgan fingerprint density at radius 3 is 2.81 bits per heavy atom. The fourth-order valence-corrected chi connectivity index (χ4v) is 1.67. The maximum atomic E-state index is 12.1. The first-order valence-corrected chi connectivity index (χ1v) is 6.30. The molecule has 0 unspecified atom stereocenters. The quantitative estimate of drug-likeness (QED) is 0.870. The lowest BCUT2D eigenvalue weighted by Crippen LogP contribution is -2.20. The Balaban J connectivity index is 2.08. The number of pyridine rings is 1. The van der Waals surface area contributed by atoms with Gasteiger partial charge in [0.1, 0.15) is 11.6 Å². The number of hydrogen-bond donors (Lipinski definition) is 2. The number of primary amides is 1. The van der Waals surface area contributed by atoms with Crippen molar-refractivity contribution in [2.75, 3.05) is 11.9 Å². The van der Waals surface area contributed by atoms with Crippen LogP contribution in [-0.2, 0) is 4.79 Å². The van der Waals surface area contributed by atoms with Gasteiger partial charge in [-0.2, -0.15) is 0 Å². The van der Waals surface area contributed by atoms with E-state index >= 15 is 0 Å². The molecule has 0 aliphatic heterocycles. The van der Waals surface area contributed by atoms with E-state index in [0.717, 1.165) is 5.56 Å². The van der Waals surface area contributed by atoms with Crippen molar-refractivity contribution in [3.05, 3.63) is 53.7 Å². The first-order chi connectivity index (χ1) is 10.0. The normalized spacial score (nSPS) is 9.95. The number of hydrogen-bond acceptors (Lipinski definition) is 4. The molecule has 1 aromatic carbocycles. The van der Waals surface area contributed by atoms with Crippen molar-refractivity contribution in [1.29, 1.82) is 0 Å². The largest absolute Gasteiger partial charge is 0.484 e. The number of aromatic nitrogens is 1. The number of ether oxygens (including phenoxy) is 1. The fraction of sp³-hybridized carbons (Fsp3) is 0.133. The summed E-state index contributed by atoms with van der Waals surface area (Å²) in [6.07, 6.45) is 1.62. The van der Waals surface area contributed by atoms with E-state index < -0.39 is 5.91 Å². The van der Waals surface area contributed by atoms with Gasteiger partial charge in [0.05, 0.1) is 0 Å². The lowest BCUT2D eigenvalue weighted by atomic mass is 10.2. The molecule has 0 atom stereocenters. The van der Waals surface area contributed by atoms with Gasteiger partial charge in [-0.15, -0.1) is 0 Å². The van der Waals surface area contributed by atoms with E-state index in [1.807, 2.05) is 13.0 Å². The van der Waals surface area contributed by atoms with Crippen LogP contribution in [0.1, 0.15) is 15.9 Å². The predicted molar refractivity (Wildman–Crippen MR) is 78.1 cm³/mol. The summed E-state index contributed by atoms with van der Waals surface area (Å²) in [4.78, 5) is 26.9. The molecule has 0 aliphatic rings. The molecule has 0 saturated carbocycles. The standard InChI is InChI=1S/C15H15N3O3/c1-10-5-6-17-14(7-10)18-15(20)11-3-2-4-12(8-11)21-9-13(16)19/h2-8H,9H2,1H3,(H2,16,19)(H,17,18,20). The number of nitrogens with two attached hydrogens (primary N) is 1. The van der Waals surface area contributed by atoms with E-state index in [9.17, 15) is 9.59 Å². The topological polar surface area (TPSA) is 94.3 Å². The van der Waals surface area contributed by atoms with Crippen molar-refractivity contribution >= 4 is 17.6 Å². The molecule has 6 heteroatoms. The third-order valence-corrected chi connectivity index (χ3v) is 2.63. The summed E-state index contributed by atoms with van der Waals surface area (Å²) in [7, 11) is 0. The Labute approximate surface area is 121 Å². The molecule has 0 bridgehead atoms. The van der Waals surface area contributed by atoms with Crippen molar-refractivity contribution in [2.45, 2.75) is 6.92 Å². The van der Waals surface area contributed by atoms with E-state index in [4.69, 9.17) is 10.5 Å². The maximum absolute atomic E-state index is 12.1. The minimum absolute atomic E-state index is 0.232. The molecule has 21 heavy (non-hydrogen) atoms. The number of aryl methyl sites for hydroxylation is 1. The fourth-order valence-electron chi connectivity index (χ4n) is 1.67.